The lowest BCUT2D eigenvalue weighted by atomic mass is 9.82. The lowest BCUT2D eigenvalue weighted by Crippen LogP contribution is -2.52. The van der Waals surface area contributed by atoms with Crippen molar-refractivity contribution in [3.8, 4) is 0 Å². The summed E-state index contributed by atoms with van der Waals surface area (Å²) in [6, 6.07) is 0. The van der Waals surface area contributed by atoms with Crippen molar-refractivity contribution in [1.82, 2.24) is 5.48 Å². The largest absolute Gasteiger partial charge is 0.479 e. The van der Waals surface area contributed by atoms with Crippen molar-refractivity contribution < 1.29 is 29.0 Å². The molecule has 21 heavy (non-hydrogen) atoms. The zero-order valence-electron chi connectivity index (χ0n) is 13.9. The van der Waals surface area contributed by atoms with Crippen molar-refractivity contribution in [2.75, 3.05) is 13.7 Å². The van der Waals surface area contributed by atoms with Gasteiger partial charge >= 0.3 is 12.1 Å². The summed E-state index contributed by atoms with van der Waals surface area (Å²) in [4.78, 5) is 28.4. The second-order valence-corrected chi connectivity index (χ2v) is 7.18. The van der Waals surface area contributed by atoms with Crippen LogP contribution in [0.15, 0.2) is 0 Å². The molecular weight excluding hydrogens is 278 g/mol. The Kier molecular flexibility index (Phi) is 6.63. The van der Waals surface area contributed by atoms with Gasteiger partial charge in [-0.05, 0) is 32.6 Å². The maximum absolute atomic E-state index is 11.6. The van der Waals surface area contributed by atoms with Crippen molar-refractivity contribution in [2.45, 2.75) is 59.2 Å². The van der Waals surface area contributed by atoms with Gasteiger partial charge in [0.05, 0.1) is 6.61 Å². The van der Waals surface area contributed by atoms with E-state index in [2.05, 4.69) is 0 Å². The fourth-order valence-corrected chi connectivity index (χ4v) is 1.83. The average Bonchev–Trinajstić information content (AvgIpc) is 2.21. The molecule has 7 heteroatoms. The van der Waals surface area contributed by atoms with E-state index in [4.69, 9.17) is 14.3 Å². The number of carbonyl (C=O) groups excluding carboxylic acids is 1. The Bertz CT molecular complexity index is 369. The van der Waals surface area contributed by atoms with Gasteiger partial charge in [0.2, 0.25) is 5.60 Å². The number of carbonyl (C=O) groups is 2. The number of carboxylic acids is 1. The zero-order valence-corrected chi connectivity index (χ0v) is 13.9. The Hall–Kier alpha value is -1.34. The second kappa shape index (κ2) is 7.09. The first kappa shape index (κ1) is 19.7. The topological polar surface area (TPSA) is 94.1 Å². The number of nitrogens with one attached hydrogen (secondary N) is 1. The van der Waals surface area contributed by atoms with Crippen molar-refractivity contribution in [3.63, 3.8) is 0 Å². The number of aliphatic carboxylic acids is 1. The third-order valence-corrected chi connectivity index (χ3v) is 2.31. The number of hydroxylamine groups is 1. The quantitative estimate of drug-likeness (QED) is 0.732. The van der Waals surface area contributed by atoms with Gasteiger partial charge < -0.3 is 14.6 Å². The first-order valence-electron chi connectivity index (χ1n) is 6.71. The van der Waals surface area contributed by atoms with Crippen LogP contribution in [0.4, 0.5) is 4.79 Å². The maximum Gasteiger partial charge on any atom is 0.431 e. The van der Waals surface area contributed by atoms with E-state index < -0.39 is 23.3 Å². The molecule has 0 aromatic carbocycles. The maximum atomic E-state index is 11.6. The second-order valence-electron chi connectivity index (χ2n) is 7.18. The summed E-state index contributed by atoms with van der Waals surface area (Å²) in [5.41, 5.74) is -0.674. The summed E-state index contributed by atoms with van der Waals surface area (Å²) >= 11 is 0. The van der Waals surface area contributed by atoms with Gasteiger partial charge in [-0.3, -0.25) is 0 Å². The van der Waals surface area contributed by atoms with Gasteiger partial charge in [-0.25, -0.2) is 14.4 Å². The molecule has 0 radical (unpaired) electrons. The van der Waals surface area contributed by atoms with Gasteiger partial charge in [-0.1, -0.05) is 20.8 Å². The van der Waals surface area contributed by atoms with Crippen LogP contribution in [-0.4, -0.2) is 42.1 Å². The smallest absolute Gasteiger partial charge is 0.431 e. The Morgan fingerprint density at radius 2 is 1.62 bits per heavy atom. The SMILES string of the molecule is COCC(CC(C)(C)C)(ONC(=O)OC(C)(C)C)C(=O)O. The zero-order chi connectivity index (χ0) is 16.9. The van der Waals surface area contributed by atoms with Crippen LogP contribution in [0.5, 0.6) is 0 Å². The standard InChI is InChI=1S/C14H27NO6/c1-12(2,3)8-14(9-19-7,10(16)17)21-15-11(18)20-13(4,5)6/h8-9H2,1-7H3,(H,15,18)(H,16,17). The Morgan fingerprint density at radius 3 is 1.95 bits per heavy atom. The highest BCUT2D eigenvalue weighted by molar-refractivity contribution is 5.78. The summed E-state index contributed by atoms with van der Waals surface area (Å²) in [6.45, 7) is 10.5. The van der Waals surface area contributed by atoms with Crippen LogP contribution in [-0.2, 0) is 19.1 Å². The predicted molar refractivity (Wildman–Crippen MR) is 76.8 cm³/mol. The van der Waals surface area contributed by atoms with Crippen molar-refractivity contribution in [2.24, 2.45) is 5.41 Å². The van der Waals surface area contributed by atoms with E-state index >= 15 is 0 Å². The van der Waals surface area contributed by atoms with Gasteiger partial charge in [0.1, 0.15) is 5.60 Å². The molecule has 0 saturated carbocycles. The van der Waals surface area contributed by atoms with Crippen LogP contribution in [0.3, 0.4) is 0 Å². The van der Waals surface area contributed by atoms with Crippen LogP contribution < -0.4 is 5.48 Å². The molecule has 124 valence electrons. The van der Waals surface area contributed by atoms with E-state index in [0.29, 0.717) is 0 Å². The summed E-state index contributed by atoms with van der Waals surface area (Å²) in [5, 5.41) is 9.47. The summed E-state index contributed by atoms with van der Waals surface area (Å²) in [7, 11) is 1.37. The van der Waals surface area contributed by atoms with Gasteiger partial charge in [-0.2, -0.15) is 5.48 Å². The van der Waals surface area contributed by atoms with Gasteiger partial charge in [0.15, 0.2) is 0 Å². The van der Waals surface area contributed by atoms with E-state index in [1.807, 2.05) is 26.3 Å². The van der Waals surface area contributed by atoms with E-state index in [1.165, 1.54) is 7.11 Å². The highest BCUT2D eigenvalue weighted by Crippen LogP contribution is 2.30. The molecule has 1 atom stereocenters. The first-order chi connectivity index (χ1) is 9.31. The molecule has 0 heterocycles. The first-order valence-corrected chi connectivity index (χ1v) is 6.71. The van der Waals surface area contributed by atoms with E-state index in [1.54, 1.807) is 20.8 Å². The Balaban J connectivity index is 4.98. The van der Waals surface area contributed by atoms with Crippen LogP contribution in [0, 0.1) is 5.41 Å². The molecule has 0 rings (SSSR count). The fourth-order valence-electron chi connectivity index (χ4n) is 1.83. The fraction of sp³-hybridized carbons (Fsp3) is 0.857. The van der Waals surface area contributed by atoms with Crippen molar-refractivity contribution >= 4 is 12.1 Å². The highest BCUT2D eigenvalue weighted by atomic mass is 16.7. The minimum Gasteiger partial charge on any atom is -0.479 e. The molecule has 1 amide bonds. The number of hydrogen-bond acceptors (Lipinski definition) is 5. The van der Waals surface area contributed by atoms with Gasteiger partial charge in [-0.15, -0.1) is 0 Å². The molecule has 0 fully saturated rings. The molecule has 0 aliphatic rings. The number of carboxylic acid groups (broad SMARTS) is 1. The number of methoxy groups -OCH3 is 1. The molecule has 0 aliphatic heterocycles. The van der Waals surface area contributed by atoms with Crippen LogP contribution >= 0.6 is 0 Å². The third-order valence-electron chi connectivity index (χ3n) is 2.31. The summed E-state index contributed by atoms with van der Waals surface area (Å²) in [6.07, 6.45) is -0.697. The number of rotatable bonds is 6. The van der Waals surface area contributed by atoms with Crippen LogP contribution in [0.25, 0.3) is 0 Å². The molecule has 7 nitrogen and oxygen atoms in total. The lowest BCUT2D eigenvalue weighted by molar-refractivity contribution is -0.191. The van der Waals surface area contributed by atoms with E-state index in [-0.39, 0.29) is 18.4 Å². The monoisotopic (exact) mass is 305 g/mol. The predicted octanol–water partition coefficient (Wildman–Crippen LogP) is 2.35. The molecule has 0 aromatic heterocycles. The number of amides is 1. The Labute approximate surface area is 125 Å². The summed E-state index contributed by atoms with van der Waals surface area (Å²) < 4.78 is 9.96. The minimum atomic E-state index is -1.68. The normalized spacial score (nSPS) is 15.2. The van der Waals surface area contributed by atoms with E-state index in [0.717, 1.165) is 0 Å². The molecule has 1 unspecified atom stereocenters. The molecule has 0 bridgehead atoms. The third kappa shape index (κ3) is 7.87. The molecule has 0 spiro atoms. The van der Waals surface area contributed by atoms with Crippen molar-refractivity contribution in [3.05, 3.63) is 0 Å². The molecule has 2 N–H and O–H groups in total. The molecule has 0 aliphatic carbocycles. The minimum absolute atomic E-state index is 0.152. The van der Waals surface area contributed by atoms with Gasteiger partial charge in [0.25, 0.3) is 0 Å². The number of ether oxygens (including phenoxy) is 2. The van der Waals surface area contributed by atoms with E-state index in [9.17, 15) is 14.7 Å². The molecule has 0 aromatic rings. The highest BCUT2D eigenvalue weighted by Gasteiger charge is 2.45. The van der Waals surface area contributed by atoms with Crippen molar-refractivity contribution in [1.29, 1.82) is 0 Å². The van der Waals surface area contributed by atoms with Crippen LogP contribution in [0.2, 0.25) is 0 Å². The van der Waals surface area contributed by atoms with Crippen LogP contribution in [0.1, 0.15) is 48.0 Å². The Morgan fingerprint density at radius 1 is 1.10 bits per heavy atom. The lowest BCUT2D eigenvalue weighted by Gasteiger charge is -2.34. The van der Waals surface area contributed by atoms with Gasteiger partial charge in [0, 0.05) is 7.11 Å². The number of hydrogen-bond donors (Lipinski definition) is 2. The average molecular weight is 305 g/mol. The molecule has 0 saturated heterocycles. The molecular formula is C14H27NO6. The summed E-state index contributed by atoms with van der Waals surface area (Å²) in [5.74, 6) is -1.21.